The summed E-state index contributed by atoms with van der Waals surface area (Å²) < 4.78 is 0. The van der Waals surface area contributed by atoms with Crippen LogP contribution in [0.2, 0.25) is 0 Å². The summed E-state index contributed by atoms with van der Waals surface area (Å²) in [5.41, 5.74) is 0. The molecule has 7 heavy (non-hydrogen) atoms. The monoisotopic (exact) mass is 264 g/mol. The average molecular weight is 264 g/mol. The van der Waals surface area contributed by atoms with Crippen LogP contribution in [-0.2, 0) is 21.1 Å². The molecule has 1 nitrogen and oxygen atoms in total. The summed E-state index contributed by atoms with van der Waals surface area (Å²) in [5.74, 6) is 0.231. The predicted octanol–water partition coefficient (Wildman–Crippen LogP) is 0.608. The van der Waals surface area contributed by atoms with Crippen LogP contribution in [0.4, 0.5) is 0 Å². The molecule has 0 saturated carbocycles. The zero-order valence-corrected chi connectivity index (χ0v) is 7.23. The van der Waals surface area contributed by atoms with E-state index in [2.05, 4.69) is 11.8 Å². The molecule has 0 aliphatic carbocycles. The number of nitrogens with zero attached hydrogens (tertiary/aromatic N) is 1. The largest absolute Gasteiger partial charge is 0.370 e. The van der Waals surface area contributed by atoms with Gasteiger partial charge in [0.05, 0.1) is 0 Å². The molecule has 0 aliphatic rings. The summed E-state index contributed by atoms with van der Waals surface area (Å²) >= 11 is 0. The van der Waals surface area contributed by atoms with Gasteiger partial charge in [-0.15, -0.1) is 5.92 Å². The van der Waals surface area contributed by atoms with Crippen molar-refractivity contribution in [2.45, 2.75) is 6.92 Å². The van der Waals surface area contributed by atoms with Gasteiger partial charge < -0.3 is 11.8 Å². The number of hydrogen-bond donors (Lipinski definition) is 0. The summed E-state index contributed by atoms with van der Waals surface area (Å²) in [6.07, 6.45) is 1.58. The van der Waals surface area contributed by atoms with Crippen molar-refractivity contribution in [1.29, 1.82) is 0 Å². The molecule has 0 bridgehead atoms. The fourth-order valence-corrected chi connectivity index (χ4v) is 0.147. The molecule has 0 saturated heterocycles. The smallest absolute Gasteiger partial charge is 0.258 e. The van der Waals surface area contributed by atoms with Gasteiger partial charge in [0, 0.05) is 21.1 Å². The van der Waals surface area contributed by atoms with Gasteiger partial charge in [0.25, 0.3) is 7.98 Å². The van der Waals surface area contributed by atoms with E-state index in [4.69, 9.17) is 7.98 Å². The van der Waals surface area contributed by atoms with Crippen molar-refractivity contribution < 1.29 is 21.1 Å². The molecule has 3 heteroatoms. The zero-order chi connectivity index (χ0) is 4.99. The van der Waals surface area contributed by atoms with E-state index in [1.165, 1.54) is 0 Å². The Morgan fingerprint density at radius 2 is 2.29 bits per heavy atom. The first-order valence-corrected chi connectivity index (χ1v) is 1.84. The minimum absolute atomic E-state index is 0. The molecule has 0 aromatic rings. The van der Waals surface area contributed by atoms with Crippen LogP contribution in [0.3, 0.4) is 0 Å². The van der Waals surface area contributed by atoms with E-state index < -0.39 is 0 Å². The third-order valence-electron chi connectivity index (χ3n) is 0.341. The molecular weight excluding hydrogens is 257 g/mol. The topological polar surface area (TPSA) is 12.4 Å². The van der Waals surface area contributed by atoms with Crippen LogP contribution in [0.1, 0.15) is 6.92 Å². The maximum atomic E-state index is 4.76. The second-order valence-electron chi connectivity index (χ2n) is 1.28. The van der Waals surface area contributed by atoms with Crippen molar-refractivity contribution in [3.8, 4) is 0 Å². The SMILES string of the molecule is [B]/N=C/C([CH2-])C.[W]. The van der Waals surface area contributed by atoms with Crippen molar-refractivity contribution in [3.63, 3.8) is 0 Å². The Kier molecular flexibility index (Phi) is 9.56. The fraction of sp³-hybridized carbons (Fsp3) is 0.500. The molecule has 0 spiro atoms. The van der Waals surface area contributed by atoms with Gasteiger partial charge in [0.2, 0.25) is 0 Å². The third-order valence-corrected chi connectivity index (χ3v) is 0.341. The Labute approximate surface area is 60.3 Å². The first kappa shape index (κ1) is 10.4. The van der Waals surface area contributed by atoms with E-state index >= 15 is 0 Å². The van der Waals surface area contributed by atoms with E-state index in [0.29, 0.717) is 0 Å². The van der Waals surface area contributed by atoms with E-state index in [1.807, 2.05) is 6.92 Å². The average Bonchev–Trinajstić information content (AvgIpc) is 1.35. The van der Waals surface area contributed by atoms with E-state index in [0.717, 1.165) is 0 Å². The molecule has 38 valence electrons. The van der Waals surface area contributed by atoms with Crippen LogP contribution in [0.25, 0.3) is 0 Å². The molecular formula is C4H7BNW-. The van der Waals surface area contributed by atoms with Crippen LogP contribution < -0.4 is 0 Å². The molecule has 2 radical (unpaired) electrons. The van der Waals surface area contributed by atoms with Crippen LogP contribution in [-0.4, -0.2) is 14.2 Å². The van der Waals surface area contributed by atoms with Crippen LogP contribution in [0.15, 0.2) is 4.90 Å². The van der Waals surface area contributed by atoms with Crippen LogP contribution in [0.5, 0.6) is 0 Å². The summed E-state index contributed by atoms with van der Waals surface area (Å²) in [4.78, 5) is 3.25. The quantitative estimate of drug-likeness (QED) is 0.373. The molecule has 1 unspecified atom stereocenters. The molecule has 0 rings (SSSR count). The first-order chi connectivity index (χ1) is 2.77. The Morgan fingerprint density at radius 3 is 2.29 bits per heavy atom. The maximum Gasteiger partial charge on any atom is 0.258 e. The molecule has 0 fully saturated rings. The van der Waals surface area contributed by atoms with Gasteiger partial charge in [-0.05, 0) is 6.21 Å². The van der Waals surface area contributed by atoms with Gasteiger partial charge in [0.1, 0.15) is 0 Å². The van der Waals surface area contributed by atoms with Gasteiger partial charge in [-0.2, -0.15) is 0 Å². The van der Waals surface area contributed by atoms with Gasteiger partial charge in [-0.3, -0.25) is 0 Å². The number of hydrogen-bond acceptors (Lipinski definition) is 1. The molecule has 0 amide bonds. The van der Waals surface area contributed by atoms with Gasteiger partial charge in [0.15, 0.2) is 0 Å². The predicted molar refractivity (Wildman–Crippen MR) is 28.8 cm³/mol. The van der Waals surface area contributed by atoms with Crippen molar-refractivity contribution in [2.24, 2.45) is 10.8 Å². The Bertz CT molecular complexity index is 53.7. The second-order valence-corrected chi connectivity index (χ2v) is 1.28. The minimum Gasteiger partial charge on any atom is -0.370 e. The van der Waals surface area contributed by atoms with E-state index in [9.17, 15) is 0 Å². The normalized spacial score (nSPS) is 13.4. The van der Waals surface area contributed by atoms with Crippen molar-refractivity contribution in [3.05, 3.63) is 6.92 Å². The zero-order valence-electron chi connectivity index (χ0n) is 4.29. The van der Waals surface area contributed by atoms with E-state index in [1.54, 1.807) is 6.21 Å². The van der Waals surface area contributed by atoms with Gasteiger partial charge >= 0.3 is 0 Å². The summed E-state index contributed by atoms with van der Waals surface area (Å²) in [5, 5.41) is 0. The standard InChI is InChI=1S/C4H7BN.W/c1-4(2)3-6-5;/h3-4H,1H2,2H3;/q-1;/b6-3+;. The van der Waals surface area contributed by atoms with Gasteiger partial charge in [-0.1, -0.05) is 6.92 Å². The van der Waals surface area contributed by atoms with Crippen LogP contribution >= 0.6 is 0 Å². The molecule has 0 aromatic carbocycles. The Morgan fingerprint density at radius 1 is 1.86 bits per heavy atom. The van der Waals surface area contributed by atoms with Gasteiger partial charge in [-0.25, -0.2) is 0 Å². The number of rotatable bonds is 1. The fourth-order valence-electron chi connectivity index (χ4n) is 0.147. The van der Waals surface area contributed by atoms with Crippen molar-refractivity contribution in [1.82, 2.24) is 0 Å². The summed E-state index contributed by atoms with van der Waals surface area (Å²) in [6, 6.07) is 0. The van der Waals surface area contributed by atoms with Crippen molar-refractivity contribution >= 4 is 14.2 Å². The maximum absolute atomic E-state index is 4.76. The van der Waals surface area contributed by atoms with Crippen molar-refractivity contribution in [2.75, 3.05) is 0 Å². The Balaban J connectivity index is 0. The molecule has 0 heterocycles. The molecule has 0 N–H and O–H groups in total. The molecule has 1 atom stereocenters. The third kappa shape index (κ3) is 10.7. The molecule has 0 aromatic heterocycles. The Hall–Kier alpha value is 0.423. The summed E-state index contributed by atoms with van der Waals surface area (Å²) in [6.45, 7) is 5.51. The van der Waals surface area contributed by atoms with E-state index in [-0.39, 0.29) is 27.0 Å². The van der Waals surface area contributed by atoms with Crippen LogP contribution in [0, 0.1) is 12.8 Å². The minimum atomic E-state index is 0. The molecule has 0 aliphatic heterocycles. The second kappa shape index (κ2) is 6.42. The first-order valence-electron chi connectivity index (χ1n) is 1.84. The summed E-state index contributed by atoms with van der Waals surface area (Å²) in [7, 11) is 4.76.